The van der Waals surface area contributed by atoms with Gasteiger partial charge in [0.2, 0.25) is 0 Å². The monoisotopic (exact) mass is 494 g/mol. The highest BCUT2D eigenvalue weighted by atomic mass is 16.5. The van der Waals surface area contributed by atoms with Gasteiger partial charge in [-0.2, -0.15) is 0 Å². The van der Waals surface area contributed by atoms with Gasteiger partial charge in [-0.3, -0.25) is 0 Å². The Balaban J connectivity index is 1.76. The van der Waals surface area contributed by atoms with E-state index in [2.05, 4.69) is 91.8 Å². The number of rotatable bonds is 17. The number of benzene rings is 2. The molecule has 0 bridgehead atoms. The van der Waals surface area contributed by atoms with Crippen LogP contribution < -0.4 is 9.47 Å². The average molecular weight is 495 g/mol. The minimum Gasteiger partial charge on any atom is -0.493 e. The average Bonchev–Trinajstić information content (AvgIpc) is 2.83. The van der Waals surface area contributed by atoms with Crippen molar-refractivity contribution in [2.45, 2.75) is 130 Å². The largest absolute Gasteiger partial charge is 0.493 e. The molecule has 0 saturated heterocycles. The van der Waals surface area contributed by atoms with Crippen molar-refractivity contribution in [2.75, 3.05) is 13.2 Å². The second kappa shape index (κ2) is 14.7. The van der Waals surface area contributed by atoms with Crippen molar-refractivity contribution < 1.29 is 9.47 Å². The van der Waals surface area contributed by atoms with Gasteiger partial charge < -0.3 is 9.47 Å². The Hall–Kier alpha value is -1.96. The summed E-state index contributed by atoms with van der Waals surface area (Å²) in [6.45, 7) is 19.8. The van der Waals surface area contributed by atoms with Crippen LogP contribution in [0.25, 0.3) is 0 Å². The Morgan fingerprint density at radius 3 is 1.28 bits per heavy atom. The van der Waals surface area contributed by atoms with E-state index in [4.69, 9.17) is 9.47 Å². The third kappa shape index (κ3) is 9.49. The fourth-order valence-electron chi connectivity index (χ4n) is 4.96. The topological polar surface area (TPSA) is 18.5 Å². The van der Waals surface area contributed by atoms with Gasteiger partial charge >= 0.3 is 0 Å². The highest BCUT2D eigenvalue weighted by Gasteiger charge is 2.22. The third-order valence-corrected chi connectivity index (χ3v) is 7.78. The lowest BCUT2D eigenvalue weighted by molar-refractivity contribution is 0.264. The van der Waals surface area contributed by atoms with E-state index in [9.17, 15) is 0 Å². The predicted octanol–water partition coefficient (Wildman–Crippen LogP) is 10.3. The summed E-state index contributed by atoms with van der Waals surface area (Å²) < 4.78 is 12.2. The zero-order valence-electron chi connectivity index (χ0n) is 24.8. The van der Waals surface area contributed by atoms with Crippen LogP contribution in [0, 0.1) is 13.8 Å². The van der Waals surface area contributed by atoms with Crippen molar-refractivity contribution in [2.24, 2.45) is 0 Å². The maximum absolute atomic E-state index is 6.12. The summed E-state index contributed by atoms with van der Waals surface area (Å²) in [7, 11) is 0. The molecule has 0 unspecified atom stereocenters. The first-order chi connectivity index (χ1) is 17.1. The lowest BCUT2D eigenvalue weighted by Gasteiger charge is -2.26. The van der Waals surface area contributed by atoms with E-state index in [1.54, 1.807) is 0 Å². The van der Waals surface area contributed by atoms with Crippen molar-refractivity contribution >= 4 is 0 Å². The van der Waals surface area contributed by atoms with Crippen LogP contribution in [-0.2, 0) is 10.8 Å². The Morgan fingerprint density at radius 2 is 0.944 bits per heavy atom. The Kier molecular flexibility index (Phi) is 12.4. The van der Waals surface area contributed by atoms with Gasteiger partial charge in [0.1, 0.15) is 11.5 Å². The molecule has 0 aliphatic rings. The molecule has 36 heavy (non-hydrogen) atoms. The van der Waals surface area contributed by atoms with E-state index in [0.29, 0.717) is 0 Å². The summed E-state index contributed by atoms with van der Waals surface area (Å²) >= 11 is 0. The molecule has 0 spiro atoms. The third-order valence-electron chi connectivity index (χ3n) is 7.78. The normalized spacial score (nSPS) is 12.1. The van der Waals surface area contributed by atoms with E-state index in [0.717, 1.165) is 37.6 Å². The van der Waals surface area contributed by atoms with Gasteiger partial charge in [-0.15, -0.1) is 0 Å². The SMILES string of the molecule is CCCCCC(C)(C)c1ccc(OCCCCOc2ccc(C(C)(C)CCCCC)cc2C)c(C)c1. The van der Waals surface area contributed by atoms with E-state index < -0.39 is 0 Å². The maximum atomic E-state index is 6.12. The number of hydrogen-bond donors (Lipinski definition) is 0. The summed E-state index contributed by atoms with van der Waals surface area (Å²) in [4.78, 5) is 0. The minimum atomic E-state index is 0.219. The molecule has 2 aromatic carbocycles. The van der Waals surface area contributed by atoms with Gasteiger partial charge in [-0.1, -0.05) is 104 Å². The Bertz CT molecular complexity index is 834. The van der Waals surface area contributed by atoms with Crippen molar-refractivity contribution in [3.05, 3.63) is 58.7 Å². The standard InChI is InChI=1S/C34H54O2/c1-9-11-13-21-33(5,6)29-17-19-31(27(3)25-29)35-23-15-16-24-36-32-20-18-30(26-28(32)4)34(7,8)22-14-12-10-2/h17-20,25-26H,9-16,21-24H2,1-8H3. The quantitative estimate of drug-likeness (QED) is 0.204. The van der Waals surface area contributed by atoms with Crippen LogP contribution in [0.4, 0.5) is 0 Å². The van der Waals surface area contributed by atoms with Crippen LogP contribution in [0.2, 0.25) is 0 Å². The first kappa shape index (κ1) is 30.3. The van der Waals surface area contributed by atoms with Gasteiger partial charge in [0, 0.05) is 0 Å². The zero-order valence-corrected chi connectivity index (χ0v) is 24.8. The second-order valence-electron chi connectivity index (χ2n) is 12.0. The molecule has 2 heteroatoms. The first-order valence-electron chi connectivity index (χ1n) is 14.6. The lowest BCUT2D eigenvalue weighted by atomic mass is 9.79. The van der Waals surface area contributed by atoms with Gasteiger partial charge in [0.15, 0.2) is 0 Å². The fraction of sp³-hybridized carbons (Fsp3) is 0.647. The van der Waals surface area contributed by atoms with Crippen molar-refractivity contribution in [1.29, 1.82) is 0 Å². The molecule has 0 atom stereocenters. The second-order valence-corrected chi connectivity index (χ2v) is 12.0. The number of ether oxygens (including phenoxy) is 2. The van der Waals surface area contributed by atoms with Crippen molar-refractivity contribution in [3.63, 3.8) is 0 Å². The Morgan fingerprint density at radius 1 is 0.556 bits per heavy atom. The zero-order chi connectivity index (χ0) is 26.6. The van der Waals surface area contributed by atoms with E-state index in [1.165, 1.54) is 73.6 Å². The highest BCUT2D eigenvalue weighted by molar-refractivity contribution is 5.40. The Labute approximate surface area is 223 Å². The molecule has 0 fully saturated rings. The predicted molar refractivity (Wildman–Crippen MR) is 157 cm³/mol. The molecule has 0 N–H and O–H groups in total. The minimum absolute atomic E-state index is 0.219. The van der Waals surface area contributed by atoms with E-state index in [1.807, 2.05) is 0 Å². The number of aryl methyl sites for hydroxylation is 2. The van der Waals surface area contributed by atoms with Crippen LogP contribution in [0.1, 0.15) is 128 Å². The summed E-state index contributed by atoms with van der Waals surface area (Å²) in [5.41, 5.74) is 5.75. The van der Waals surface area contributed by atoms with Gasteiger partial charge in [0.05, 0.1) is 13.2 Å². The molecule has 2 rings (SSSR count). The molecule has 2 nitrogen and oxygen atoms in total. The van der Waals surface area contributed by atoms with Crippen molar-refractivity contribution in [1.82, 2.24) is 0 Å². The molecule has 0 radical (unpaired) electrons. The van der Waals surface area contributed by atoms with Crippen LogP contribution in [0.5, 0.6) is 11.5 Å². The maximum Gasteiger partial charge on any atom is 0.122 e. The summed E-state index contributed by atoms with van der Waals surface area (Å²) in [5, 5.41) is 0. The van der Waals surface area contributed by atoms with Gasteiger partial charge in [0.25, 0.3) is 0 Å². The molecule has 202 valence electrons. The van der Waals surface area contributed by atoms with Crippen molar-refractivity contribution in [3.8, 4) is 11.5 Å². The number of hydrogen-bond acceptors (Lipinski definition) is 2. The molecule has 0 aliphatic heterocycles. The van der Waals surface area contributed by atoms with Gasteiger partial charge in [-0.05, 0) is 84.7 Å². The molecule has 0 aliphatic carbocycles. The van der Waals surface area contributed by atoms with Crippen LogP contribution in [-0.4, -0.2) is 13.2 Å². The molecule has 0 saturated carbocycles. The van der Waals surface area contributed by atoms with E-state index in [-0.39, 0.29) is 10.8 Å². The molecular formula is C34H54O2. The molecule has 0 aromatic heterocycles. The molecule has 2 aromatic rings. The summed E-state index contributed by atoms with van der Waals surface area (Å²) in [6.07, 6.45) is 12.2. The fourth-order valence-corrected chi connectivity index (χ4v) is 4.96. The summed E-state index contributed by atoms with van der Waals surface area (Å²) in [5.74, 6) is 2.02. The molecular weight excluding hydrogens is 440 g/mol. The van der Waals surface area contributed by atoms with Gasteiger partial charge in [-0.25, -0.2) is 0 Å². The van der Waals surface area contributed by atoms with Crippen LogP contribution >= 0.6 is 0 Å². The smallest absolute Gasteiger partial charge is 0.122 e. The molecule has 0 heterocycles. The van der Waals surface area contributed by atoms with Crippen LogP contribution in [0.15, 0.2) is 36.4 Å². The lowest BCUT2D eigenvalue weighted by Crippen LogP contribution is -2.17. The highest BCUT2D eigenvalue weighted by Crippen LogP contribution is 2.33. The summed E-state index contributed by atoms with van der Waals surface area (Å²) in [6, 6.07) is 13.5. The van der Waals surface area contributed by atoms with Crippen LogP contribution in [0.3, 0.4) is 0 Å². The number of unbranched alkanes of at least 4 members (excludes halogenated alkanes) is 5. The van der Waals surface area contributed by atoms with E-state index >= 15 is 0 Å². The molecule has 0 amide bonds. The first-order valence-corrected chi connectivity index (χ1v) is 14.6.